The smallest absolute Gasteiger partial charge is 0.220 e. The number of carbonyl (C=O) groups excluding carboxylic acids is 1. The Labute approximate surface area is 93.1 Å². The van der Waals surface area contributed by atoms with Crippen molar-refractivity contribution in [1.29, 1.82) is 0 Å². The molecule has 0 saturated carbocycles. The van der Waals surface area contributed by atoms with E-state index in [9.17, 15) is 20.1 Å². The minimum atomic E-state index is -1.33. The third kappa shape index (κ3) is 2.95. The molecule has 5 nitrogen and oxygen atoms in total. The molecule has 0 heterocycles. The Hall–Kier alpha value is -1.59. The van der Waals surface area contributed by atoms with Crippen LogP contribution in [-0.4, -0.2) is 27.3 Å². The monoisotopic (exact) mass is 225 g/mol. The van der Waals surface area contributed by atoms with Gasteiger partial charge in [0, 0.05) is 5.56 Å². The summed E-state index contributed by atoms with van der Waals surface area (Å²) in [5.41, 5.74) is 5.92. The van der Waals surface area contributed by atoms with Gasteiger partial charge in [-0.1, -0.05) is 11.6 Å². The quantitative estimate of drug-likeness (QED) is 0.577. The molecule has 1 aromatic rings. The summed E-state index contributed by atoms with van der Waals surface area (Å²) in [7, 11) is 0. The molecule has 1 aromatic carbocycles. The van der Waals surface area contributed by atoms with Crippen LogP contribution in [0.5, 0.6) is 5.75 Å². The highest BCUT2D eigenvalue weighted by molar-refractivity contribution is 5.74. The van der Waals surface area contributed by atoms with Gasteiger partial charge in [-0.2, -0.15) is 0 Å². The highest BCUT2D eigenvalue weighted by Crippen LogP contribution is 2.28. The van der Waals surface area contributed by atoms with Crippen molar-refractivity contribution < 1.29 is 20.1 Å². The van der Waals surface area contributed by atoms with E-state index in [1.165, 1.54) is 6.07 Å². The van der Waals surface area contributed by atoms with Crippen LogP contribution >= 0.6 is 0 Å². The van der Waals surface area contributed by atoms with E-state index in [1.54, 1.807) is 19.1 Å². The summed E-state index contributed by atoms with van der Waals surface area (Å²) in [4.78, 5) is 10.6. The van der Waals surface area contributed by atoms with Crippen molar-refractivity contribution in [3.63, 3.8) is 0 Å². The molecule has 0 aromatic heterocycles. The summed E-state index contributed by atoms with van der Waals surface area (Å²) in [5.74, 6) is -0.833. The minimum absolute atomic E-state index is 0.123. The van der Waals surface area contributed by atoms with Gasteiger partial charge in [0.15, 0.2) is 0 Å². The number of nitrogens with two attached hydrogens (primary N) is 1. The molecule has 0 radical (unpaired) electrons. The third-order valence-corrected chi connectivity index (χ3v) is 2.28. The maximum atomic E-state index is 10.6. The van der Waals surface area contributed by atoms with Crippen LogP contribution in [0.2, 0.25) is 0 Å². The SMILES string of the molecule is Cc1ccc(O)c(C(O)C(O)CC(N)=O)c1. The van der Waals surface area contributed by atoms with Crippen LogP contribution in [0.15, 0.2) is 18.2 Å². The van der Waals surface area contributed by atoms with Gasteiger partial charge in [0.05, 0.1) is 12.5 Å². The summed E-state index contributed by atoms with van der Waals surface area (Å²) >= 11 is 0. The molecule has 0 fully saturated rings. The molecule has 2 atom stereocenters. The van der Waals surface area contributed by atoms with Crippen LogP contribution in [0.3, 0.4) is 0 Å². The lowest BCUT2D eigenvalue weighted by Gasteiger charge is -2.18. The van der Waals surface area contributed by atoms with Gasteiger partial charge >= 0.3 is 0 Å². The van der Waals surface area contributed by atoms with Crippen molar-refractivity contribution in [2.45, 2.75) is 25.6 Å². The van der Waals surface area contributed by atoms with Crippen LogP contribution in [0.4, 0.5) is 0 Å². The molecule has 16 heavy (non-hydrogen) atoms. The van der Waals surface area contributed by atoms with Crippen LogP contribution in [0.25, 0.3) is 0 Å². The number of hydrogen-bond acceptors (Lipinski definition) is 4. The number of benzene rings is 1. The normalized spacial score (nSPS) is 14.4. The zero-order valence-electron chi connectivity index (χ0n) is 8.92. The summed E-state index contributed by atoms with van der Waals surface area (Å²) in [6.45, 7) is 1.79. The highest BCUT2D eigenvalue weighted by Gasteiger charge is 2.22. The van der Waals surface area contributed by atoms with Gasteiger partial charge in [-0.3, -0.25) is 4.79 Å². The topological polar surface area (TPSA) is 104 Å². The van der Waals surface area contributed by atoms with E-state index in [2.05, 4.69) is 0 Å². The first-order valence-electron chi connectivity index (χ1n) is 4.85. The number of carbonyl (C=O) groups is 1. The molecular weight excluding hydrogens is 210 g/mol. The van der Waals surface area contributed by atoms with E-state index in [0.29, 0.717) is 0 Å². The fraction of sp³-hybridized carbons (Fsp3) is 0.364. The first-order chi connectivity index (χ1) is 7.41. The van der Waals surface area contributed by atoms with Crippen LogP contribution in [0.1, 0.15) is 23.7 Å². The second kappa shape index (κ2) is 4.96. The van der Waals surface area contributed by atoms with Gasteiger partial charge in [0.2, 0.25) is 5.91 Å². The second-order valence-electron chi connectivity index (χ2n) is 3.74. The molecule has 5 heteroatoms. The molecule has 1 rings (SSSR count). The zero-order valence-corrected chi connectivity index (χ0v) is 8.92. The van der Waals surface area contributed by atoms with Gasteiger partial charge in [-0.05, 0) is 19.1 Å². The standard InChI is InChI=1S/C11H15NO4/c1-6-2-3-8(13)7(4-6)11(16)9(14)5-10(12)15/h2-4,9,11,13-14,16H,5H2,1H3,(H2,12,15). The number of rotatable bonds is 4. The summed E-state index contributed by atoms with van der Waals surface area (Å²) < 4.78 is 0. The number of aliphatic hydroxyl groups is 2. The van der Waals surface area contributed by atoms with Crippen molar-refractivity contribution in [1.82, 2.24) is 0 Å². The van der Waals surface area contributed by atoms with Crippen molar-refractivity contribution >= 4 is 5.91 Å². The molecule has 0 aliphatic rings. The molecule has 88 valence electrons. The van der Waals surface area contributed by atoms with Crippen molar-refractivity contribution in [3.8, 4) is 5.75 Å². The molecule has 0 aliphatic heterocycles. The maximum absolute atomic E-state index is 10.6. The number of amides is 1. The van der Waals surface area contributed by atoms with Crippen LogP contribution < -0.4 is 5.73 Å². The Kier molecular flexibility index (Phi) is 3.87. The lowest BCUT2D eigenvalue weighted by Crippen LogP contribution is -2.25. The Morgan fingerprint density at radius 3 is 2.62 bits per heavy atom. The van der Waals surface area contributed by atoms with E-state index >= 15 is 0 Å². The van der Waals surface area contributed by atoms with E-state index in [-0.39, 0.29) is 17.7 Å². The number of primary amides is 1. The molecular formula is C11H15NO4. The Morgan fingerprint density at radius 1 is 1.44 bits per heavy atom. The van der Waals surface area contributed by atoms with Crippen LogP contribution in [-0.2, 0) is 4.79 Å². The van der Waals surface area contributed by atoms with Crippen molar-refractivity contribution in [3.05, 3.63) is 29.3 Å². The predicted octanol–water partition coefficient (Wildman–Crippen LogP) is -0.0297. The first kappa shape index (κ1) is 12.5. The van der Waals surface area contributed by atoms with Gasteiger partial charge in [0.25, 0.3) is 0 Å². The van der Waals surface area contributed by atoms with Gasteiger partial charge < -0.3 is 21.1 Å². The summed E-state index contributed by atoms with van der Waals surface area (Å²) in [5, 5.41) is 28.7. The highest BCUT2D eigenvalue weighted by atomic mass is 16.3. The molecule has 1 amide bonds. The second-order valence-corrected chi connectivity index (χ2v) is 3.74. The molecule has 2 unspecified atom stereocenters. The summed E-state index contributed by atoms with van der Waals surface area (Å²) in [6, 6.07) is 4.64. The Bertz CT molecular complexity index is 392. The van der Waals surface area contributed by atoms with E-state index in [0.717, 1.165) is 5.56 Å². The molecule has 0 spiro atoms. The lowest BCUT2D eigenvalue weighted by molar-refractivity contribution is -0.121. The van der Waals surface area contributed by atoms with Crippen molar-refractivity contribution in [2.24, 2.45) is 5.73 Å². The fourth-order valence-electron chi connectivity index (χ4n) is 1.44. The van der Waals surface area contributed by atoms with Gasteiger partial charge in [-0.15, -0.1) is 0 Å². The molecule has 0 aliphatic carbocycles. The Balaban J connectivity index is 2.90. The molecule has 5 N–H and O–H groups in total. The average Bonchev–Trinajstić information content (AvgIpc) is 2.19. The fourth-order valence-corrected chi connectivity index (χ4v) is 1.44. The van der Waals surface area contributed by atoms with E-state index in [4.69, 9.17) is 5.73 Å². The number of hydrogen-bond donors (Lipinski definition) is 4. The number of aliphatic hydroxyl groups excluding tert-OH is 2. The van der Waals surface area contributed by atoms with Crippen LogP contribution in [0, 0.1) is 6.92 Å². The summed E-state index contributed by atoms with van der Waals surface area (Å²) in [6.07, 6.45) is -2.99. The largest absolute Gasteiger partial charge is 0.508 e. The predicted molar refractivity (Wildman–Crippen MR) is 57.6 cm³/mol. The van der Waals surface area contributed by atoms with E-state index in [1.807, 2.05) is 0 Å². The maximum Gasteiger partial charge on any atom is 0.220 e. The lowest BCUT2D eigenvalue weighted by atomic mass is 9.99. The average molecular weight is 225 g/mol. The van der Waals surface area contributed by atoms with Gasteiger partial charge in [0.1, 0.15) is 11.9 Å². The van der Waals surface area contributed by atoms with E-state index < -0.39 is 18.1 Å². The minimum Gasteiger partial charge on any atom is -0.508 e. The molecule has 0 saturated heterocycles. The number of phenolic OH excluding ortho intramolecular Hbond substituents is 1. The number of phenols is 1. The Morgan fingerprint density at radius 2 is 2.06 bits per heavy atom. The first-order valence-corrected chi connectivity index (χ1v) is 4.85. The third-order valence-electron chi connectivity index (χ3n) is 2.28. The number of aromatic hydroxyl groups is 1. The molecule has 0 bridgehead atoms. The van der Waals surface area contributed by atoms with Gasteiger partial charge in [-0.25, -0.2) is 0 Å². The number of aryl methyl sites for hydroxylation is 1. The van der Waals surface area contributed by atoms with Crippen molar-refractivity contribution in [2.75, 3.05) is 0 Å². The zero-order chi connectivity index (χ0) is 12.3.